The van der Waals surface area contributed by atoms with Gasteiger partial charge in [-0.15, -0.1) is 0 Å². The molecule has 0 saturated carbocycles. The van der Waals surface area contributed by atoms with Crippen LogP contribution in [0, 0.1) is 20.8 Å². The number of hydrogen-bond acceptors (Lipinski definition) is 1. The van der Waals surface area contributed by atoms with E-state index in [-0.39, 0.29) is 5.91 Å². The first-order valence-corrected chi connectivity index (χ1v) is 8.49. The second-order valence-corrected chi connectivity index (χ2v) is 6.91. The highest BCUT2D eigenvalue weighted by molar-refractivity contribution is 5.95. The Morgan fingerprint density at radius 3 is 2.67 bits per heavy atom. The van der Waals surface area contributed by atoms with Crippen molar-refractivity contribution in [2.45, 2.75) is 33.7 Å². The molecule has 0 fully saturated rings. The Hall–Kier alpha value is -2.55. The van der Waals surface area contributed by atoms with Gasteiger partial charge in [0, 0.05) is 47.2 Å². The molecule has 0 spiro atoms. The Morgan fingerprint density at radius 1 is 1.04 bits per heavy atom. The van der Waals surface area contributed by atoms with Gasteiger partial charge in [0.15, 0.2) is 0 Å². The number of aryl methyl sites for hydroxylation is 3. The molecule has 24 heavy (non-hydrogen) atoms. The lowest BCUT2D eigenvalue weighted by atomic mass is 10.0. The molecule has 3 nitrogen and oxygen atoms in total. The Kier molecular flexibility index (Phi) is 3.45. The quantitative estimate of drug-likeness (QED) is 0.714. The summed E-state index contributed by atoms with van der Waals surface area (Å²) in [4.78, 5) is 18.4. The molecule has 0 aliphatic carbocycles. The maximum Gasteiger partial charge on any atom is 0.254 e. The van der Waals surface area contributed by atoms with Crippen molar-refractivity contribution >= 4 is 16.8 Å². The zero-order valence-corrected chi connectivity index (χ0v) is 14.4. The first-order valence-electron chi connectivity index (χ1n) is 8.49. The Labute approximate surface area is 142 Å². The molecule has 0 unspecified atom stereocenters. The van der Waals surface area contributed by atoms with E-state index in [1.165, 1.54) is 38.9 Å². The van der Waals surface area contributed by atoms with Gasteiger partial charge >= 0.3 is 0 Å². The normalized spacial score (nSPS) is 14.0. The summed E-state index contributed by atoms with van der Waals surface area (Å²) in [5.41, 5.74) is 8.16. The van der Waals surface area contributed by atoms with E-state index in [9.17, 15) is 4.79 Å². The smallest absolute Gasteiger partial charge is 0.254 e. The molecule has 1 aromatic heterocycles. The van der Waals surface area contributed by atoms with E-state index in [4.69, 9.17) is 0 Å². The van der Waals surface area contributed by atoms with Crippen LogP contribution < -0.4 is 0 Å². The maximum atomic E-state index is 12.9. The number of rotatable bonds is 1. The molecule has 3 aromatic rings. The van der Waals surface area contributed by atoms with Gasteiger partial charge in [0.2, 0.25) is 0 Å². The predicted molar refractivity (Wildman–Crippen MR) is 97.4 cm³/mol. The van der Waals surface area contributed by atoms with Crippen molar-refractivity contribution < 1.29 is 4.79 Å². The highest BCUT2D eigenvalue weighted by Crippen LogP contribution is 2.29. The highest BCUT2D eigenvalue weighted by Gasteiger charge is 2.25. The second-order valence-electron chi connectivity index (χ2n) is 6.91. The molecule has 1 N–H and O–H groups in total. The van der Waals surface area contributed by atoms with Gasteiger partial charge in [0.1, 0.15) is 0 Å². The molecule has 3 heteroatoms. The van der Waals surface area contributed by atoms with Crippen molar-refractivity contribution in [2.75, 3.05) is 6.54 Å². The number of amides is 1. The van der Waals surface area contributed by atoms with Gasteiger partial charge in [0.25, 0.3) is 5.91 Å². The molecule has 4 rings (SSSR count). The summed E-state index contributed by atoms with van der Waals surface area (Å²) >= 11 is 0. The lowest BCUT2D eigenvalue weighted by Gasteiger charge is -2.27. The third kappa shape index (κ3) is 2.41. The minimum atomic E-state index is 0.130. The van der Waals surface area contributed by atoms with Crippen LogP contribution >= 0.6 is 0 Å². The number of carbonyl (C=O) groups is 1. The molecule has 122 valence electrons. The molecule has 2 aromatic carbocycles. The van der Waals surface area contributed by atoms with E-state index in [0.717, 1.165) is 18.5 Å². The molecule has 1 aliphatic heterocycles. The van der Waals surface area contributed by atoms with Crippen LogP contribution in [-0.4, -0.2) is 22.3 Å². The number of aromatic nitrogens is 1. The van der Waals surface area contributed by atoms with Crippen LogP contribution in [0.3, 0.4) is 0 Å². The van der Waals surface area contributed by atoms with Crippen molar-refractivity contribution in [3.8, 4) is 0 Å². The Bertz CT molecular complexity index is 952. The molecule has 2 heterocycles. The van der Waals surface area contributed by atoms with Gasteiger partial charge in [0.05, 0.1) is 0 Å². The molecule has 0 atom stereocenters. The van der Waals surface area contributed by atoms with Crippen molar-refractivity contribution in [1.82, 2.24) is 9.88 Å². The molecule has 0 radical (unpaired) electrons. The average Bonchev–Trinajstić information content (AvgIpc) is 2.94. The van der Waals surface area contributed by atoms with Crippen LogP contribution in [0.15, 0.2) is 36.4 Å². The Morgan fingerprint density at radius 2 is 1.88 bits per heavy atom. The molecule has 1 amide bonds. The van der Waals surface area contributed by atoms with Crippen LogP contribution in [0.4, 0.5) is 0 Å². The van der Waals surface area contributed by atoms with Crippen molar-refractivity contribution in [3.05, 3.63) is 69.9 Å². The van der Waals surface area contributed by atoms with Crippen LogP contribution in [0.2, 0.25) is 0 Å². The largest absolute Gasteiger partial charge is 0.358 e. The van der Waals surface area contributed by atoms with Gasteiger partial charge in [-0.3, -0.25) is 4.79 Å². The SMILES string of the molecule is Cc1ccc2[nH]c3c(c2c1)CN(C(=O)c1ccc(C)c(C)c1)CC3. The highest BCUT2D eigenvalue weighted by atomic mass is 16.2. The summed E-state index contributed by atoms with van der Waals surface area (Å²) in [5.74, 6) is 0.130. The summed E-state index contributed by atoms with van der Waals surface area (Å²) in [6.07, 6.45) is 0.889. The molecule has 1 aliphatic rings. The number of aromatic amines is 1. The van der Waals surface area contributed by atoms with Gasteiger partial charge < -0.3 is 9.88 Å². The summed E-state index contributed by atoms with van der Waals surface area (Å²) in [6.45, 7) is 7.70. The summed E-state index contributed by atoms with van der Waals surface area (Å²) in [5, 5.41) is 1.25. The first-order chi connectivity index (χ1) is 11.5. The fourth-order valence-corrected chi connectivity index (χ4v) is 3.56. The number of hydrogen-bond donors (Lipinski definition) is 1. The van der Waals surface area contributed by atoms with Gasteiger partial charge in [-0.05, 0) is 56.2 Å². The third-order valence-electron chi connectivity index (χ3n) is 5.17. The first kappa shape index (κ1) is 15.0. The van der Waals surface area contributed by atoms with E-state index < -0.39 is 0 Å². The van der Waals surface area contributed by atoms with E-state index in [2.05, 4.69) is 44.0 Å². The van der Waals surface area contributed by atoms with Crippen LogP contribution in [0.5, 0.6) is 0 Å². The average molecular weight is 318 g/mol. The minimum absolute atomic E-state index is 0.130. The van der Waals surface area contributed by atoms with Gasteiger partial charge in [-0.25, -0.2) is 0 Å². The summed E-state index contributed by atoms with van der Waals surface area (Å²) in [6, 6.07) is 12.5. The molecular formula is C21H22N2O. The van der Waals surface area contributed by atoms with Gasteiger partial charge in [-0.1, -0.05) is 17.7 Å². The Balaban J connectivity index is 1.68. The third-order valence-corrected chi connectivity index (χ3v) is 5.17. The standard InChI is InChI=1S/C21H22N2O/c1-13-4-7-19-17(10-13)18-12-23(9-8-20(18)22-19)21(24)16-6-5-14(2)15(3)11-16/h4-7,10-11,22H,8-9,12H2,1-3H3. The summed E-state index contributed by atoms with van der Waals surface area (Å²) < 4.78 is 0. The van der Waals surface area contributed by atoms with Gasteiger partial charge in [-0.2, -0.15) is 0 Å². The van der Waals surface area contributed by atoms with Crippen LogP contribution in [0.25, 0.3) is 10.9 Å². The van der Waals surface area contributed by atoms with E-state index in [1.54, 1.807) is 0 Å². The lowest BCUT2D eigenvalue weighted by molar-refractivity contribution is 0.0735. The van der Waals surface area contributed by atoms with Crippen molar-refractivity contribution in [1.29, 1.82) is 0 Å². The molecule has 0 bridgehead atoms. The maximum absolute atomic E-state index is 12.9. The number of H-pyrrole nitrogens is 1. The summed E-state index contributed by atoms with van der Waals surface area (Å²) in [7, 11) is 0. The van der Waals surface area contributed by atoms with Crippen LogP contribution in [-0.2, 0) is 13.0 Å². The van der Waals surface area contributed by atoms with E-state index >= 15 is 0 Å². The molecule has 0 saturated heterocycles. The fourth-order valence-electron chi connectivity index (χ4n) is 3.56. The van der Waals surface area contributed by atoms with Crippen molar-refractivity contribution in [3.63, 3.8) is 0 Å². The van der Waals surface area contributed by atoms with Crippen LogP contribution in [0.1, 0.15) is 38.3 Å². The van der Waals surface area contributed by atoms with E-state index in [1.807, 2.05) is 23.1 Å². The van der Waals surface area contributed by atoms with E-state index in [0.29, 0.717) is 6.54 Å². The predicted octanol–water partition coefficient (Wildman–Crippen LogP) is 4.29. The topological polar surface area (TPSA) is 36.1 Å². The van der Waals surface area contributed by atoms with Crippen molar-refractivity contribution in [2.24, 2.45) is 0 Å². The number of benzene rings is 2. The number of carbonyl (C=O) groups excluding carboxylic acids is 1. The molecular weight excluding hydrogens is 296 g/mol. The monoisotopic (exact) mass is 318 g/mol. The number of nitrogens with one attached hydrogen (secondary N) is 1. The lowest BCUT2D eigenvalue weighted by Crippen LogP contribution is -2.35. The zero-order valence-electron chi connectivity index (χ0n) is 14.4. The second kappa shape index (κ2) is 5.52. The zero-order chi connectivity index (χ0) is 16.8. The number of nitrogens with zero attached hydrogens (tertiary/aromatic N) is 1. The fraction of sp³-hybridized carbons (Fsp3) is 0.286. The minimum Gasteiger partial charge on any atom is -0.358 e. The number of fused-ring (bicyclic) bond motifs is 3.